The van der Waals surface area contributed by atoms with Gasteiger partial charge in [0.2, 0.25) is 0 Å². The number of aromatic nitrogens is 4. The van der Waals surface area contributed by atoms with Crippen LogP contribution in [0.1, 0.15) is 56.8 Å². The molecule has 0 radical (unpaired) electrons. The van der Waals surface area contributed by atoms with E-state index in [1.165, 1.54) is 38.3 Å². The Morgan fingerprint density at radius 1 is 1.03 bits per heavy atom. The molecule has 0 unspecified atom stereocenters. The van der Waals surface area contributed by atoms with E-state index in [-0.39, 0.29) is 11.5 Å². The summed E-state index contributed by atoms with van der Waals surface area (Å²) in [6, 6.07) is 11.1. The van der Waals surface area contributed by atoms with Gasteiger partial charge in [0.1, 0.15) is 0 Å². The van der Waals surface area contributed by atoms with E-state index in [9.17, 15) is 4.79 Å². The van der Waals surface area contributed by atoms with Gasteiger partial charge in [-0.1, -0.05) is 36.8 Å². The molecule has 1 aromatic heterocycles. The lowest BCUT2D eigenvalue weighted by atomic mass is 9.84. The van der Waals surface area contributed by atoms with E-state index in [1.54, 1.807) is 5.06 Å². The summed E-state index contributed by atoms with van der Waals surface area (Å²) >= 11 is 0. The molecule has 2 aromatic rings. The third-order valence-corrected chi connectivity index (χ3v) is 7.66. The first-order valence-electron chi connectivity index (χ1n) is 12.4. The Bertz CT molecular complexity index is 922. The van der Waals surface area contributed by atoms with Crippen molar-refractivity contribution in [3.05, 3.63) is 41.7 Å². The van der Waals surface area contributed by atoms with Gasteiger partial charge in [-0.2, -0.15) is 0 Å². The summed E-state index contributed by atoms with van der Waals surface area (Å²) in [6.45, 7) is 7.80. The molecule has 0 amide bonds. The fraction of sp³-hybridized carbons (Fsp3) is 0.667. The van der Waals surface area contributed by atoms with Crippen molar-refractivity contribution in [3.8, 4) is 0 Å². The van der Waals surface area contributed by atoms with E-state index >= 15 is 0 Å². The maximum Gasteiger partial charge on any atom is 0.322 e. The average molecular weight is 454 g/mol. The van der Waals surface area contributed by atoms with Crippen LogP contribution in [0.5, 0.6) is 0 Å². The molecule has 2 saturated heterocycles. The van der Waals surface area contributed by atoms with Crippen molar-refractivity contribution >= 4 is 5.97 Å². The lowest BCUT2D eigenvalue weighted by Crippen LogP contribution is -2.55. The number of piperidine rings is 1. The molecule has 0 atom stereocenters. The van der Waals surface area contributed by atoms with Crippen molar-refractivity contribution in [2.75, 3.05) is 39.3 Å². The minimum Gasteiger partial charge on any atom is -0.368 e. The van der Waals surface area contributed by atoms with Gasteiger partial charge in [-0.15, -0.1) is 10.2 Å². The average Bonchev–Trinajstić information content (AvgIpc) is 3.11. The number of carbonyl (C=O) groups is 1. The molecule has 33 heavy (non-hydrogen) atoms. The van der Waals surface area contributed by atoms with Crippen LogP contribution in [-0.4, -0.2) is 86.3 Å². The normalized spacial score (nSPS) is 23.1. The van der Waals surface area contributed by atoms with Crippen molar-refractivity contribution in [2.24, 2.45) is 0 Å². The van der Waals surface area contributed by atoms with Gasteiger partial charge in [0.05, 0.1) is 12.1 Å². The van der Waals surface area contributed by atoms with Crippen LogP contribution >= 0.6 is 0 Å². The zero-order valence-electron chi connectivity index (χ0n) is 19.6. The summed E-state index contributed by atoms with van der Waals surface area (Å²) in [7, 11) is 0. The molecule has 9 nitrogen and oxygen atoms in total. The molecule has 0 bridgehead atoms. The summed E-state index contributed by atoms with van der Waals surface area (Å²) in [5, 5.41) is 14.9. The van der Waals surface area contributed by atoms with Gasteiger partial charge in [0, 0.05) is 45.7 Å². The zero-order chi connectivity index (χ0) is 22.7. The molecule has 5 rings (SSSR count). The molecular formula is C24H35N7O2. The Balaban J connectivity index is 1.40. The smallest absolute Gasteiger partial charge is 0.322 e. The highest BCUT2D eigenvalue weighted by molar-refractivity contribution is 5.65. The van der Waals surface area contributed by atoms with Crippen LogP contribution in [0.15, 0.2) is 30.3 Å². The molecule has 3 aliphatic rings. The van der Waals surface area contributed by atoms with Gasteiger partial charge >= 0.3 is 5.97 Å². The summed E-state index contributed by atoms with van der Waals surface area (Å²) in [6.07, 6.45) is 6.88. The van der Waals surface area contributed by atoms with Crippen LogP contribution in [0.2, 0.25) is 0 Å². The number of hydrogen-bond donors (Lipinski definition) is 0. The predicted octanol–water partition coefficient (Wildman–Crippen LogP) is 2.05. The number of nitrogens with zero attached hydrogens (tertiary/aromatic N) is 7. The maximum absolute atomic E-state index is 11.5. The fourth-order valence-electron chi connectivity index (χ4n) is 5.69. The highest BCUT2D eigenvalue weighted by Gasteiger charge is 2.46. The van der Waals surface area contributed by atoms with E-state index in [1.807, 2.05) is 10.7 Å². The second-order valence-electron chi connectivity index (χ2n) is 9.65. The van der Waals surface area contributed by atoms with Crippen LogP contribution in [0.25, 0.3) is 0 Å². The van der Waals surface area contributed by atoms with E-state index in [4.69, 9.17) is 4.84 Å². The topological polar surface area (TPSA) is 79.6 Å². The van der Waals surface area contributed by atoms with Gasteiger partial charge in [-0.3, -0.25) is 14.6 Å². The summed E-state index contributed by atoms with van der Waals surface area (Å²) in [4.78, 5) is 22.3. The fourth-order valence-corrected chi connectivity index (χ4v) is 5.69. The lowest BCUT2D eigenvalue weighted by Gasteiger charge is -2.47. The lowest BCUT2D eigenvalue weighted by molar-refractivity contribution is -0.200. The Hall–Kier alpha value is -2.36. The largest absolute Gasteiger partial charge is 0.368 e. The summed E-state index contributed by atoms with van der Waals surface area (Å²) in [5.74, 6) is 0.674. The van der Waals surface area contributed by atoms with Crippen LogP contribution in [-0.2, 0) is 21.7 Å². The van der Waals surface area contributed by atoms with Crippen molar-refractivity contribution in [1.82, 2.24) is 35.1 Å². The molecule has 9 heteroatoms. The van der Waals surface area contributed by atoms with E-state index in [0.717, 1.165) is 50.8 Å². The third-order valence-electron chi connectivity index (χ3n) is 7.66. The van der Waals surface area contributed by atoms with Crippen molar-refractivity contribution in [3.63, 3.8) is 0 Å². The zero-order valence-corrected chi connectivity index (χ0v) is 19.6. The van der Waals surface area contributed by atoms with Crippen molar-refractivity contribution in [1.29, 1.82) is 0 Å². The van der Waals surface area contributed by atoms with Gasteiger partial charge in [0.25, 0.3) is 0 Å². The number of tetrazole rings is 1. The number of carbonyl (C=O) groups excluding carboxylic acids is 1. The van der Waals surface area contributed by atoms with E-state index < -0.39 is 0 Å². The Morgan fingerprint density at radius 3 is 2.52 bits per heavy atom. The Kier molecular flexibility index (Phi) is 6.71. The first kappa shape index (κ1) is 22.4. The molecule has 1 saturated carbocycles. The molecule has 2 aliphatic heterocycles. The predicted molar refractivity (Wildman–Crippen MR) is 123 cm³/mol. The van der Waals surface area contributed by atoms with Gasteiger partial charge in [-0.25, -0.2) is 4.68 Å². The first-order chi connectivity index (χ1) is 16.1. The molecule has 1 aliphatic carbocycles. The van der Waals surface area contributed by atoms with Crippen LogP contribution in [0, 0.1) is 0 Å². The second kappa shape index (κ2) is 9.87. The third kappa shape index (κ3) is 4.81. The Labute approximate surface area is 195 Å². The number of benzene rings is 1. The number of hydrogen-bond acceptors (Lipinski definition) is 8. The summed E-state index contributed by atoms with van der Waals surface area (Å²) < 4.78 is 1.98. The van der Waals surface area contributed by atoms with E-state index in [2.05, 4.69) is 49.6 Å². The first-order valence-corrected chi connectivity index (χ1v) is 12.4. The minimum absolute atomic E-state index is 0.259. The van der Waals surface area contributed by atoms with Gasteiger partial charge in [0.15, 0.2) is 5.82 Å². The minimum atomic E-state index is -0.262. The molecule has 3 fully saturated rings. The van der Waals surface area contributed by atoms with Gasteiger partial charge < -0.3 is 4.84 Å². The number of rotatable bonds is 6. The Morgan fingerprint density at radius 2 is 1.82 bits per heavy atom. The van der Waals surface area contributed by atoms with Crippen LogP contribution in [0.3, 0.4) is 0 Å². The second-order valence-corrected chi connectivity index (χ2v) is 9.65. The number of hydroxylamine groups is 2. The SMILES string of the molecule is CC(=O)ON1CCC(c2nnnn2Cc2ccccc2)(N2CCCN(C3CCC3)CC2)CC1. The molecule has 178 valence electrons. The maximum atomic E-state index is 11.5. The highest BCUT2D eigenvalue weighted by atomic mass is 16.7. The molecule has 1 aromatic carbocycles. The highest BCUT2D eigenvalue weighted by Crippen LogP contribution is 2.39. The van der Waals surface area contributed by atoms with Crippen LogP contribution in [0.4, 0.5) is 0 Å². The molecular weight excluding hydrogens is 418 g/mol. The molecule has 3 heterocycles. The summed E-state index contributed by atoms with van der Waals surface area (Å²) in [5.41, 5.74) is 0.926. The standard InChI is InChI=1S/C24H35N7O2/c1-20(32)33-30-15-11-24(12-16-30,29-14-6-13-28(17-18-29)22-9-5-10-22)23-25-26-27-31(23)19-21-7-3-2-4-8-21/h2-4,7-8,22H,5-6,9-19H2,1H3. The van der Waals surface area contributed by atoms with Crippen LogP contribution < -0.4 is 0 Å². The van der Waals surface area contributed by atoms with Crippen molar-refractivity contribution < 1.29 is 9.63 Å². The molecule has 0 spiro atoms. The van der Waals surface area contributed by atoms with Crippen molar-refractivity contribution in [2.45, 2.75) is 63.6 Å². The molecule has 0 N–H and O–H groups in total. The monoisotopic (exact) mass is 453 g/mol. The van der Waals surface area contributed by atoms with E-state index in [0.29, 0.717) is 19.6 Å². The van der Waals surface area contributed by atoms with Gasteiger partial charge in [-0.05, 0) is 54.6 Å². The quantitative estimate of drug-likeness (QED) is 0.658.